The quantitative estimate of drug-likeness (QED) is 0.427. The topological polar surface area (TPSA) is 76.9 Å². The Labute approximate surface area is 191 Å². The molecule has 1 N–H and O–H groups in total. The van der Waals surface area contributed by atoms with Crippen LogP contribution in [0.4, 0.5) is 5.13 Å². The van der Waals surface area contributed by atoms with Gasteiger partial charge in [-0.3, -0.25) is 19.5 Å². The van der Waals surface area contributed by atoms with Crippen molar-refractivity contribution in [3.05, 3.63) is 61.3 Å². The monoisotopic (exact) mass is 470 g/mol. The van der Waals surface area contributed by atoms with E-state index in [-0.39, 0.29) is 11.5 Å². The Kier molecular flexibility index (Phi) is 5.37. The fraction of sp³-hybridized carbons (Fsp3) is 0.273. The highest BCUT2D eigenvalue weighted by Gasteiger charge is 2.23. The number of hydrogen-bond donors (Lipinski definition) is 1. The second-order valence-corrected chi connectivity index (χ2v) is 9.77. The minimum atomic E-state index is -0.278. The Balaban J connectivity index is 1.47. The summed E-state index contributed by atoms with van der Waals surface area (Å²) in [5.74, 6) is 0.549. The average Bonchev–Trinajstić information content (AvgIpc) is 3.25. The van der Waals surface area contributed by atoms with Crippen molar-refractivity contribution in [2.24, 2.45) is 0 Å². The number of carbonyl (C=O) groups is 1. The first-order chi connectivity index (χ1) is 15.0. The van der Waals surface area contributed by atoms with Crippen molar-refractivity contribution in [3.8, 4) is 11.3 Å². The highest BCUT2D eigenvalue weighted by Crippen LogP contribution is 2.32. The second kappa shape index (κ2) is 8.18. The van der Waals surface area contributed by atoms with Crippen LogP contribution in [-0.2, 0) is 13.0 Å². The van der Waals surface area contributed by atoms with Gasteiger partial charge in [0.15, 0.2) is 5.13 Å². The molecule has 0 atom stereocenters. The molecular weight excluding hydrogens is 452 g/mol. The van der Waals surface area contributed by atoms with E-state index in [1.165, 1.54) is 22.7 Å². The summed E-state index contributed by atoms with van der Waals surface area (Å²) in [5, 5.41) is 6.37. The van der Waals surface area contributed by atoms with Crippen LogP contribution in [0.1, 0.15) is 40.3 Å². The largest absolute Gasteiger partial charge is 0.297 e. The molecule has 0 fully saturated rings. The Hall–Kier alpha value is -2.55. The molecule has 5 rings (SSSR count). The lowest BCUT2D eigenvalue weighted by Crippen LogP contribution is -2.24. The average molecular weight is 471 g/mol. The highest BCUT2D eigenvalue weighted by molar-refractivity contribution is 7.21. The molecule has 9 heteroatoms. The minimum absolute atomic E-state index is 0.0371. The first kappa shape index (κ1) is 20.4. The Morgan fingerprint density at radius 1 is 1.19 bits per heavy atom. The number of anilines is 1. The van der Waals surface area contributed by atoms with Gasteiger partial charge in [0.2, 0.25) is 0 Å². The molecule has 158 valence electrons. The van der Waals surface area contributed by atoms with E-state index in [9.17, 15) is 9.59 Å². The molecule has 4 aromatic rings. The van der Waals surface area contributed by atoms with Crippen LogP contribution in [0.25, 0.3) is 21.5 Å². The van der Waals surface area contributed by atoms with E-state index >= 15 is 0 Å². The molecule has 1 aromatic carbocycles. The predicted octanol–water partition coefficient (Wildman–Crippen LogP) is 5.52. The fourth-order valence-electron chi connectivity index (χ4n) is 3.90. The summed E-state index contributed by atoms with van der Waals surface area (Å²) in [6.07, 6.45) is 3.92. The van der Waals surface area contributed by atoms with E-state index in [0.29, 0.717) is 43.1 Å². The van der Waals surface area contributed by atoms with Crippen LogP contribution in [0.2, 0.25) is 5.02 Å². The molecule has 0 saturated carbocycles. The molecule has 0 radical (unpaired) electrons. The predicted molar refractivity (Wildman–Crippen MR) is 127 cm³/mol. The Morgan fingerprint density at radius 2 is 2.03 bits per heavy atom. The first-order valence-corrected chi connectivity index (χ1v) is 12.1. The number of fused-ring (bicyclic) bond motifs is 2. The van der Waals surface area contributed by atoms with Crippen LogP contribution >= 0.6 is 34.3 Å². The molecule has 0 bridgehead atoms. The van der Waals surface area contributed by atoms with Gasteiger partial charge < -0.3 is 0 Å². The van der Waals surface area contributed by atoms with Gasteiger partial charge in [-0.15, -0.1) is 22.7 Å². The van der Waals surface area contributed by atoms with Crippen LogP contribution < -0.4 is 10.9 Å². The van der Waals surface area contributed by atoms with Gasteiger partial charge in [-0.05, 0) is 31.4 Å². The number of thiophene rings is 1. The summed E-state index contributed by atoms with van der Waals surface area (Å²) < 4.78 is 1.79. The summed E-state index contributed by atoms with van der Waals surface area (Å²) in [5.41, 5.74) is 2.17. The van der Waals surface area contributed by atoms with Gasteiger partial charge in [-0.1, -0.05) is 36.2 Å². The SMILES string of the molecule is Cc1c(C(=O)Nc2nc(-c3ccccc3Cl)cs2)sc2nc3n(c(=O)c12)CCCCC3. The number of benzene rings is 1. The molecular formula is C22H19ClN4O2S2. The summed E-state index contributed by atoms with van der Waals surface area (Å²) >= 11 is 8.86. The number of amides is 1. The summed E-state index contributed by atoms with van der Waals surface area (Å²) in [7, 11) is 0. The number of aryl methyl sites for hydroxylation is 2. The summed E-state index contributed by atoms with van der Waals surface area (Å²) in [4.78, 5) is 36.5. The molecule has 6 nitrogen and oxygen atoms in total. The molecule has 1 aliphatic heterocycles. The zero-order valence-corrected chi connectivity index (χ0v) is 19.2. The Morgan fingerprint density at radius 3 is 2.87 bits per heavy atom. The molecule has 0 saturated heterocycles. The third-order valence-electron chi connectivity index (χ3n) is 5.49. The van der Waals surface area contributed by atoms with Gasteiger partial charge in [0.1, 0.15) is 10.7 Å². The van der Waals surface area contributed by atoms with Gasteiger partial charge in [-0.25, -0.2) is 9.97 Å². The van der Waals surface area contributed by atoms with Crippen molar-refractivity contribution in [2.45, 2.75) is 39.2 Å². The van der Waals surface area contributed by atoms with Crippen LogP contribution in [0.3, 0.4) is 0 Å². The molecule has 3 aromatic heterocycles. The van der Waals surface area contributed by atoms with Crippen molar-refractivity contribution in [2.75, 3.05) is 5.32 Å². The van der Waals surface area contributed by atoms with Crippen LogP contribution in [0.5, 0.6) is 0 Å². The zero-order chi connectivity index (χ0) is 21.5. The maximum Gasteiger partial charge on any atom is 0.267 e. The number of hydrogen-bond acceptors (Lipinski definition) is 6. The Bertz CT molecular complexity index is 1370. The molecule has 4 heterocycles. The summed E-state index contributed by atoms with van der Waals surface area (Å²) in [6, 6.07) is 7.46. The zero-order valence-electron chi connectivity index (χ0n) is 16.8. The van der Waals surface area contributed by atoms with Crippen molar-refractivity contribution < 1.29 is 4.79 Å². The van der Waals surface area contributed by atoms with E-state index in [1.807, 2.05) is 36.6 Å². The number of nitrogens with one attached hydrogen (secondary N) is 1. The van der Waals surface area contributed by atoms with Crippen LogP contribution in [-0.4, -0.2) is 20.4 Å². The first-order valence-electron chi connectivity index (χ1n) is 10.1. The highest BCUT2D eigenvalue weighted by atomic mass is 35.5. The molecule has 31 heavy (non-hydrogen) atoms. The van der Waals surface area contributed by atoms with E-state index in [4.69, 9.17) is 16.6 Å². The number of rotatable bonds is 3. The molecule has 0 spiro atoms. The fourth-order valence-corrected chi connectivity index (χ4v) is 5.93. The van der Waals surface area contributed by atoms with Gasteiger partial charge in [0.25, 0.3) is 11.5 Å². The smallest absolute Gasteiger partial charge is 0.267 e. The van der Waals surface area contributed by atoms with Crippen molar-refractivity contribution in [3.63, 3.8) is 0 Å². The maximum absolute atomic E-state index is 13.1. The van der Waals surface area contributed by atoms with Gasteiger partial charge in [0.05, 0.1) is 16.0 Å². The van der Waals surface area contributed by atoms with Crippen molar-refractivity contribution >= 4 is 55.5 Å². The van der Waals surface area contributed by atoms with E-state index in [1.54, 1.807) is 4.57 Å². The number of halogens is 1. The molecule has 0 aliphatic carbocycles. The lowest BCUT2D eigenvalue weighted by atomic mass is 10.2. The van der Waals surface area contributed by atoms with Gasteiger partial charge in [0, 0.05) is 28.9 Å². The minimum Gasteiger partial charge on any atom is -0.297 e. The van der Waals surface area contributed by atoms with Gasteiger partial charge >= 0.3 is 0 Å². The lowest BCUT2D eigenvalue weighted by Gasteiger charge is -2.08. The standard InChI is InChI=1S/C22H19ClN4O2S2/c1-12-17-20(25-16-9-3-2-6-10-27(16)21(17)29)31-18(12)19(28)26-22-24-15(11-30-22)13-7-4-5-8-14(13)23/h4-5,7-8,11H,2-3,6,9-10H2,1H3,(H,24,26,28). The second-order valence-electron chi connectivity index (χ2n) is 7.50. The number of carbonyl (C=O) groups excluding carboxylic acids is 1. The lowest BCUT2D eigenvalue weighted by molar-refractivity contribution is 0.103. The third-order valence-corrected chi connectivity index (χ3v) is 7.76. The third kappa shape index (κ3) is 3.69. The van der Waals surface area contributed by atoms with Gasteiger partial charge in [-0.2, -0.15) is 0 Å². The van der Waals surface area contributed by atoms with E-state index in [0.717, 1.165) is 37.1 Å². The molecule has 0 unspecified atom stereocenters. The normalized spacial score (nSPS) is 13.7. The van der Waals surface area contributed by atoms with E-state index in [2.05, 4.69) is 10.3 Å². The summed E-state index contributed by atoms with van der Waals surface area (Å²) in [6.45, 7) is 2.51. The number of nitrogens with zero attached hydrogens (tertiary/aromatic N) is 3. The van der Waals surface area contributed by atoms with Crippen LogP contribution in [0, 0.1) is 6.92 Å². The van der Waals surface area contributed by atoms with Crippen LogP contribution in [0.15, 0.2) is 34.4 Å². The maximum atomic E-state index is 13.1. The molecule has 1 amide bonds. The van der Waals surface area contributed by atoms with E-state index < -0.39 is 0 Å². The van der Waals surface area contributed by atoms with Crippen molar-refractivity contribution in [1.82, 2.24) is 14.5 Å². The number of thiazole rings is 1. The van der Waals surface area contributed by atoms with Crippen molar-refractivity contribution in [1.29, 1.82) is 0 Å². The molecule has 1 aliphatic rings. The number of aromatic nitrogens is 3.